The molecule has 0 fully saturated rings. The number of nitrogens with zero attached hydrogens (tertiary/aromatic N) is 2. The van der Waals surface area contributed by atoms with Crippen molar-refractivity contribution in [3.63, 3.8) is 0 Å². The van der Waals surface area contributed by atoms with E-state index >= 15 is 0 Å². The summed E-state index contributed by atoms with van der Waals surface area (Å²) in [4.78, 5) is 2.63. The Morgan fingerprint density at radius 2 is 1.30 bits per heavy atom. The first-order valence-electron chi connectivity index (χ1n) is 12.0. The van der Waals surface area contributed by atoms with Gasteiger partial charge in [0.2, 0.25) is 10.0 Å². The van der Waals surface area contributed by atoms with Gasteiger partial charge in [-0.2, -0.15) is 4.31 Å². The van der Waals surface area contributed by atoms with Crippen LogP contribution in [0.3, 0.4) is 0 Å². The number of hydrogen-bond donors (Lipinski definition) is 0. The van der Waals surface area contributed by atoms with Gasteiger partial charge in [-0.25, -0.2) is 8.42 Å². The molecule has 0 saturated carbocycles. The Hall–Kier alpha value is -2.63. The summed E-state index contributed by atoms with van der Waals surface area (Å²) in [7, 11) is -3.59. The summed E-state index contributed by atoms with van der Waals surface area (Å²) in [5.74, 6) is 0. The molecule has 0 atom stereocenters. The highest BCUT2D eigenvalue weighted by atomic mass is 32.2. The fourth-order valence-electron chi connectivity index (χ4n) is 4.03. The van der Waals surface area contributed by atoms with E-state index in [1.54, 1.807) is 16.4 Å². The number of unbranched alkanes of at least 4 members (excludes halogenated alkanes) is 2. The highest BCUT2D eigenvalue weighted by molar-refractivity contribution is 7.89. The van der Waals surface area contributed by atoms with E-state index in [0.29, 0.717) is 18.0 Å². The molecule has 3 aromatic rings. The van der Waals surface area contributed by atoms with E-state index < -0.39 is 10.0 Å². The Morgan fingerprint density at radius 1 is 0.697 bits per heavy atom. The lowest BCUT2D eigenvalue weighted by Gasteiger charge is -2.24. The summed E-state index contributed by atoms with van der Waals surface area (Å²) in [6.07, 6.45) is 2.92. The molecule has 4 nitrogen and oxygen atoms in total. The van der Waals surface area contributed by atoms with Gasteiger partial charge in [-0.1, -0.05) is 74.4 Å². The minimum atomic E-state index is -3.59. The number of anilines is 1. The smallest absolute Gasteiger partial charge is 0.243 e. The maximum Gasteiger partial charge on any atom is 0.243 e. The van der Waals surface area contributed by atoms with Gasteiger partial charge >= 0.3 is 0 Å². The van der Waals surface area contributed by atoms with Crippen molar-refractivity contribution in [2.75, 3.05) is 24.5 Å². The van der Waals surface area contributed by atoms with Gasteiger partial charge in [0.05, 0.1) is 4.90 Å². The zero-order valence-electron chi connectivity index (χ0n) is 20.1. The normalized spacial score (nSPS) is 11.6. The van der Waals surface area contributed by atoms with Gasteiger partial charge in [0.15, 0.2) is 0 Å². The molecule has 0 aromatic heterocycles. The molecule has 0 aliphatic rings. The van der Waals surface area contributed by atoms with Crippen molar-refractivity contribution in [1.82, 2.24) is 4.31 Å². The maximum absolute atomic E-state index is 13.6. The van der Waals surface area contributed by atoms with Crippen molar-refractivity contribution < 1.29 is 8.42 Å². The van der Waals surface area contributed by atoms with Gasteiger partial charge in [0.1, 0.15) is 0 Å². The Labute approximate surface area is 199 Å². The summed E-state index contributed by atoms with van der Waals surface area (Å²) in [6, 6.07) is 25.5. The van der Waals surface area contributed by atoms with E-state index in [4.69, 9.17) is 0 Å². The van der Waals surface area contributed by atoms with Crippen LogP contribution < -0.4 is 4.90 Å². The minimum Gasteiger partial charge on any atom is -0.372 e. The van der Waals surface area contributed by atoms with E-state index in [9.17, 15) is 8.42 Å². The first kappa shape index (κ1) is 25.0. The highest BCUT2D eigenvalue weighted by Crippen LogP contribution is 2.25. The zero-order valence-corrected chi connectivity index (χ0v) is 20.9. The molecule has 3 rings (SSSR count). The Morgan fingerprint density at radius 3 is 1.88 bits per heavy atom. The third-order valence-electron chi connectivity index (χ3n) is 6.03. The topological polar surface area (TPSA) is 40.6 Å². The summed E-state index contributed by atoms with van der Waals surface area (Å²) in [5.41, 5.74) is 4.26. The molecule has 0 aliphatic heterocycles. The molecule has 0 amide bonds. The average Bonchev–Trinajstić information content (AvgIpc) is 2.86. The number of rotatable bonds is 12. The van der Waals surface area contributed by atoms with Crippen LogP contribution >= 0.6 is 0 Å². The molecule has 33 heavy (non-hydrogen) atoms. The minimum absolute atomic E-state index is 0.346. The summed E-state index contributed by atoms with van der Waals surface area (Å²) in [5, 5.41) is 0. The predicted molar refractivity (Wildman–Crippen MR) is 139 cm³/mol. The van der Waals surface area contributed by atoms with Crippen molar-refractivity contribution in [3.8, 4) is 11.1 Å². The van der Waals surface area contributed by atoms with Crippen LogP contribution in [0.25, 0.3) is 11.1 Å². The van der Waals surface area contributed by atoms with Crippen molar-refractivity contribution in [2.24, 2.45) is 0 Å². The standard InChI is InChI=1S/C28H36N2O2S/c1-4-7-11-22-30(23-24-14-18-27(19-15-24)29(5-2)6-3)33(31,32)28-20-16-26(17-21-28)25-12-9-8-10-13-25/h8-10,12-21H,4-7,11,22-23H2,1-3H3. The number of hydrogen-bond acceptors (Lipinski definition) is 3. The second kappa shape index (κ2) is 12.0. The predicted octanol–water partition coefficient (Wildman–Crippen LogP) is 6.58. The van der Waals surface area contributed by atoms with Gasteiger partial charge < -0.3 is 4.90 Å². The van der Waals surface area contributed by atoms with Crippen LogP contribution in [0.2, 0.25) is 0 Å². The molecule has 0 radical (unpaired) electrons. The Kier molecular flexibility index (Phi) is 9.10. The van der Waals surface area contributed by atoms with Crippen LogP contribution in [0, 0.1) is 0 Å². The fraction of sp³-hybridized carbons (Fsp3) is 0.357. The van der Waals surface area contributed by atoms with E-state index in [-0.39, 0.29) is 0 Å². The number of benzene rings is 3. The van der Waals surface area contributed by atoms with Crippen LogP contribution in [-0.2, 0) is 16.6 Å². The third kappa shape index (κ3) is 6.46. The second-order valence-corrected chi connectivity index (χ2v) is 10.2. The lowest BCUT2D eigenvalue weighted by Crippen LogP contribution is -2.31. The molecule has 0 heterocycles. The van der Waals surface area contributed by atoms with Gasteiger partial charge in [-0.05, 0) is 61.2 Å². The quantitative estimate of drug-likeness (QED) is 0.284. The lowest BCUT2D eigenvalue weighted by molar-refractivity contribution is 0.394. The molecule has 3 aromatic carbocycles. The van der Waals surface area contributed by atoms with Crippen molar-refractivity contribution in [3.05, 3.63) is 84.4 Å². The fourth-order valence-corrected chi connectivity index (χ4v) is 5.49. The summed E-state index contributed by atoms with van der Waals surface area (Å²) >= 11 is 0. The van der Waals surface area contributed by atoms with Crippen LogP contribution in [-0.4, -0.2) is 32.4 Å². The summed E-state index contributed by atoms with van der Waals surface area (Å²) in [6.45, 7) is 9.22. The molecular formula is C28H36N2O2S. The first-order valence-corrected chi connectivity index (χ1v) is 13.4. The van der Waals surface area contributed by atoms with Crippen LogP contribution in [0.4, 0.5) is 5.69 Å². The Balaban J connectivity index is 1.82. The first-order chi connectivity index (χ1) is 16.0. The molecule has 5 heteroatoms. The SMILES string of the molecule is CCCCCN(Cc1ccc(N(CC)CC)cc1)S(=O)(=O)c1ccc(-c2ccccc2)cc1. The van der Waals surface area contributed by atoms with E-state index in [1.807, 2.05) is 42.5 Å². The van der Waals surface area contributed by atoms with E-state index in [1.165, 1.54) is 5.69 Å². The number of sulfonamides is 1. The monoisotopic (exact) mass is 464 g/mol. The molecule has 0 N–H and O–H groups in total. The zero-order chi connectivity index (χ0) is 23.7. The van der Waals surface area contributed by atoms with Crippen molar-refractivity contribution in [1.29, 1.82) is 0 Å². The largest absolute Gasteiger partial charge is 0.372 e. The van der Waals surface area contributed by atoms with Crippen LogP contribution in [0.5, 0.6) is 0 Å². The lowest BCUT2D eigenvalue weighted by atomic mass is 10.1. The van der Waals surface area contributed by atoms with Gasteiger partial charge in [0, 0.05) is 31.9 Å². The third-order valence-corrected chi connectivity index (χ3v) is 7.89. The molecule has 0 aliphatic carbocycles. The molecule has 0 saturated heterocycles. The van der Waals surface area contributed by atoms with E-state index in [0.717, 1.165) is 49.0 Å². The Bertz CT molecular complexity index is 1080. The van der Waals surface area contributed by atoms with Crippen molar-refractivity contribution in [2.45, 2.75) is 51.5 Å². The van der Waals surface area contributed by atoms with Gasteiger partial charge in [0.25, 0.3) is 0 Å². The molecule has 0 spiro atoms. The average molecular weight is 465 g/mol. The van der Waals surface area contributed by atoms with E-state index in [2.05, 4.69) is 49.9 Å². The van der Waals surface area contributed by atoms with Crippen molar-refractivity contribution >= 4 is 15.7 Å². The molecule has 176 valence electrons. The van der Waals surface area contributed by atoms with Crippen LogP contribution in [0.15, 0.2) is 83.8 Å². The van der Waals surface area contributed by atoms with Crippen LogP contribution in [0.1, 0.15) is 45.6 Å². The van der Waals surface area contributed by atoms with Gasteiger partial charge in [-0.15, -0.1) is 0 Å². The molecular weight excluding hydrogens is 428 g/mol. The molecule has 0 bridgehead atoms. The molecule has 0 unspecified atom stereocenters. The second-order valence-electron chi connectivity index (χ2n) is 8.27. The maximum atomic E-state index is 13.6. The van der Waals surface area contributed by atoms with Gasteiger partial charge in [-0.3, -0.25) is 0 Å². The highest BCUT2D eigenvalue weighted by Gasteiger charge is 2.24. The summed E-state index contributed by atoms with van der Waals surface area (Å²) < 4.78 is 28.8.